The summed E-state index contributed by atoms with van der Waals surface area (Å²) >= 11 is 0. The lowest BCUT2D eigenvalue weighted by Crippen LogP contribution is -2.29. The lowest BCUT2D eigenvalue weighted by Gasteiger charge is -2.11. The molecule has 1 heterocycles. The number of rotatable bonds is 8. The summed E-state index contributed by atoms with van der Waals surface area (Å²) in [4.78, 5) is 0.257. The van der Waals surface area contributed by atoms with Crippen LogP contribution < -0.4 is 15.8 Å². The van der Waals surface area contributed by atoms with Crippen molar-refractivity contribution in [1.82, 2.24) is 14.9 Å². The Morgan fingerprint density at radius 2 is 1.83 bits per heavy atom. The van der Waals surface area contributed by atoms with Crippen molar-refractivity contribution < 1.29 is 12.8 Å². The molecule has 2 aromatic rings. The molecule has 132 valence electrons. The van der Waals surface area contributed by atoms with Crippen LogP contribution in [0.4, 0.5) is 6.01 Å². The van der Waals surface area contributed by atoms with Gasteiger partial charge in [0, 0.05) is 13.1 Å². The minimum atomic E-state index is -3.48. The number of nitrogens with zero attached hydrogens (tertiary/aromatic N) is 2. The van der Waals surface area contributed by atoms with Crippen LogP contribution in [0.25, 0.3) is 0 Å². The van der Waals surface area contributed by atoms with Crippen molar-refractivity contribution in [2.24, 2.45) is 5.73 Å². The van der Waals surface area contributed by atoms with Crippen molar-refractivity contribution in [3.63, 3.8) is 0 Å². The number of aromatic nitrogens is 2. The first-order valence-electron chi connectivity index (χ1n) is 7.61. The second-order valence-electron chi connectivity index (χ2n) is 6.13. The summed E-state index contributed by atoms with van der Waals surface area (Å²) in [5, 5.41) is 10.6. The fraction of sp³-hybridized carbons (Fsp3) is 0.467. The Bertz CT molecular complexity index is 763. The number of anilines is 1. The molecule has 24 heavy (non-hydrogen) atoms. The monoisotopic (exact) mass is 353 g/mol. The summed E-state index contributed by atoms with van der Waals surface area (Å²) in [5.74, 6) is 0.338. The quantitative estimate of drug-likeness (QED) is 0.612. The topological polar surface area (TPSA) is 123 Å². The van der Waals surface area contributed by atoms with Crippen LogP contribution in [0.15, 0.2) is 33.6 Å². The van der Waals surface area contributed by atoms with Crippen LogP contribution in [0.2, 0.25) is 0 Å². The minimum Gasteiger partial charge on any atom is -0.406 e. The number of hydrogen-bond donors (Lipinski definition) is 3. The highest BCUT2D eigenvalue weighted by Gasteiger charge is 2.21. The Balaban J connectivity index is 1.77. The SMILES string of the molecule is Cc1ccc(S(=O)(=O)NCCCNc2nnc(C(C)(C)N)o2)cc1. The van der Waals surface area contributed by atoms with Gasteiger partial charge in [0.25, 0.3) is 0 Å². The smallest absolute Gasteiger partial charge is 0.315 e. The first-order chi connectivity index (χ1) is 11.2. The summed E-state index contributed by atoms with van der Waals surface area (Å²) in [6.45, 7) is 6.23. The summed E-state index contributed by atoms with van der Waals surface area (Å²) < 4.78 is 32.1. The second-order valence-corrected chi connectivity index (χ2v) is 7.89. The average Bonchev–Trinajstić information content (AvgIpc) is 2.96. The van der Waals surface area contributed by atoms with Crippen molar-refractivity contribution in [2.75, 3.05) is 18.4 Å². The van der Waals surface area contributed by atoms with Gasteiger partial charge in [-0.25, -0.2) is 13.1 Å². The van der Waals surface area contributed by atoms with Gasteiger partial charge >= 0.3 is 6.01 Å². The highest BCUT2D eigenvalue weighted by molar-refractivity contribution is 7.89. The van der Waals surface area contributed by atoms with Crippen LogP contribution in [-0.2, 0) is 15.6 Å². The molecular weight excluding hydrogens is 330 g/mol. The molecule has 1 aromatic heterocycles. The summed E-state index contributed by atoms with van der Waals surface area (Å²) in [6, 6.07) is 6.98. The number of hydrogen-bond acceptors (Lipinski definition) is 7. The Morgan fingerprint density at radius 3 is 2.42 bits per heavy atom. The van der Waals surface area contributed by atoms with Crippen LogP contribution >= 0.6 is 0 Å². The van der Waals surface area contributed by atoms with Gasteiger partial charge in [0.05, 0.1) is 10.4 Å². The van der Waals surface area contributed by atoms with Gasteiger partial charge in [-0.1, -0.05) is 22.8 Å². The molecule has 0 bridgehead atoms. The lowest BCUT2D eigenvalue weighted by atomic mass is 10.1. The van der Waals surface area contributed by atoms with Crippen LogP contribution in [0, 0.1) is 6.92 Å². The van der Waals surface area contributed by atoms with E-state index in [1.165, 1.54) is 0 Å². The molecule has 0 fully saturated rings. The molecule has 4 N–H and O–H groups in total. The zero-order valence-corrected chi connectivity index (χ0v) is 14.9. The maximum Gasteiger partial charge on any atom is 0.315 e. The van der Waals surface area contributed by atoms with Crippen LogP contribution in [0.3, 0.4) is 0 Å². The van der Waals surface area contributed by atoms with E-state index in [2.05, 4.69) is 20.2 Å². The zero-order valence-electron chi connectivity index (χ0n) is 14.0. The lowest BCUT2D eigenvalue weighted by molar-refractivity contribution is 0.384. The highest BCUT2D eigenvalue weighted by Crippen LogP contribution is 2.16. The van der Waals surface area contributed by atoms with Crippen LogP contribution in [0.1, 0.15) is 31.7 Å². The van der Waals surface area contributed by atoms with Gasteiger partial charge in [-0.05, 0) is 39.3 Å². The molecule has 0 saturated heterocycles. The number of sulfonamides is 1. The largest absolute Gasteiger partial charge is 0.406 e. The van der Waals surface area contributed by atoms with Crippen LogP contribution in [0.5, 0.6) is 0 Å². The molecule has 0 amide bonds. The van der Waals surface area contributed by atoms with Crippen molar-refractivity contribution in [2.45, 2.75) is 37.6 Å². The fourth-order valence-electron chi connectivity index (χ4n) is 1.85. The predicted molar refractivity (Wildman–Crippen MR) is 91.0 cm³/mol. The van der Waals surface area contributed by atoms with Crippen molar-refractivity contribution in [1.29, 1.82) is 0 Å². The summed E-state index contributed by atoms with van der Waals surface area (Å²) in [5.41, 5.74) is 6.17. The second kappa shape index (κ2) is 7.29. The fourth-order valence-corrected chi connectivity index (χ4v) is 2.92. The third kappa shape index (κ3) is 5.02. The number of nitrogens with one attached hydrogen (secondary N) is 2. The van der Waals surface area contributed by atoms with E-state index in [0.717, 1.165) is 5.56 Å². The van der Waals surface area contributed by atoms with Gasteiger partial charge in [-0.15, -0.1) is 5.10 Å². The van der Waals surface area contributed by atoms with E-state index in [9.17, 15) is 8.42 Å². The third-order valence-corrected chi connectivity index (χ3v) is 4.71. The van der Waals surface area contributed by atoms with E-state index in [0.29, 0.717) is 25.4 Å². The van der Waals surface area contributed by atoms with Gasteiger partial charge in [0.2, 0.25) is 15.9 Å². The van der Waals surface area contributed by atoms with E-state index in [-0.39, 0.29) is 10.9 Å². The van der Waals surface area contributed by atoms with Crippen molar-refractivity contribution in [3.8, 4) is 0 Å². The maximum atomic E-state index is 12.1. The number of aryl methyl sites for hydroxylation is 1. The molecule has 9 heteroatoms. The minimum absolute atomic E-state index is 0.257. The van der Waals surface area contributed by atoms with E-state index >= 15 is 0 Å². The van der Waals surface area contributed by atoms with E-state index in [1.807, 2.05) is 6.92 Å². The molecule has 8 nitrogen and oxygen atoms in total. The molecule has 1 aromatic carbocycles. The Morgan fingerprint density at radius 1 is 1.17 bits per heavy atom. The van der Waals surface area contributed by atoms with Crippen LogP contribution in [-0.4, -0.2) is 31.7 Å². The molecule has 0 unspecified atom stereocenters. The standard InChI is InChI=1S/C15H23N5O3S/c1-11-5-7-12(8-6-11)24(21,22)18-10-4-9-17-14-20-19-13(23-14)15(2,3)16/h5-8,18H,4,9-10,16H2,1-3H3,(H,17,20). The van der Waals surface area contributed by atoms with E-state index in [1.54, 1.807) is 38.1 Å². The molecule has 0 spiro atoms. The normalized spacial score (nSPS) is 12.3. The third-order valence-electron chi connectivity index (χ3n) is 3.23. The molecule has 0 atom stereocenters. The van der Waals surface area contributed by atoms with Gasteiger partial charge in [-0.3, -0.25) is 0 Å². The molecule has 0 aliphatic heterocycles. The summed E-state index contributed by atoms with van der Waals surface area (Å²) in [7, 11) is -3.48. The maximum absolute atomic E-state index is 12.1. The molecule has 2 rings (SSSR count). The molecule has 0 aliphatic rings. The Hall–Kier alpha value is -1.97. The summed E-state index contributed by atoms with van der Waals surface area (Å²) in [6.07, 6.45) is 0.564. The average molecular weight is 353 g/mol. The number of nitrogens with two attached hydrogens (primary N) is 1. The van der Waals surface area contributed by atoms with E-state index < -0.39 is 15.6 Å². The number of benzene rings is 1. The molecular formula is C15H23N5O3S. The first-order valence-corrected chi connectivity index (χ1v) is 9.10. The predicted octanol–water partition coefficient (Wildman–Crippen LogP) is 1.35. The highest BCUT2D eigenvalue weighted by atomic mass is 32.2. The molecule has 0 saturated carbocycles. The molecule has 0 aliphatic carbocycles. The van der Waals surface area contributed by atoms with Crippen molar-refractivity contribution in [3.05, 3.63) is 35.7 Å². The Labute approximate surface area is 141 Å². The molecule has 0 radical (unpaired) electrons. The zero-order chi connectivity index (χ0) is 17.8. The van der Waals surface area contributed by atoms with Crippen molar-refractivity contribution >= 4 is 16.0 Å². The van der Waals surface area contributed by atoms with Gasteiger partial charge in [0.1, 0.15) is 0 Å². The van der Waals surface area contributed by atoms with Gasteiger partial charge in [0.15, 0.2) is 0 Å². The first kappa shape index (κ1) is 18.4. The van der Waals surface area contributed by atoms with Gasteiger partial charge < -0.3 is 15.5 Å². The van der Waals surface area contributed by atoms with Gasteiger partial charge in [-0.2, -0.15) is 0 Å². The van der Waals surface area contributed by atoms with E-state index in [4.69, 9.17) is 10.2 Å². The Kier molecular flexibility index (Phi) is 5.58.